The van der Waals surface area contributed by atoms with Gasteiger partial charge in [0.2, 0.25) is 0 Å². The first kappa shape index (κ1) is 26.6. The van der Waals surface area contributed by atoms with Crippen LogP contribution in [-0.4, -0.2) is 23.7 Å². The van der Waals surface area contributed by atoms with Crippen LogP contribution in [0.2, 0.25) is 0 Å². The minimum absolute atomic E-state index is 0.150. The molecule has 0 bridgehead atoms. The molecule has 0 unspecified atom stereocenters. The van der Waals surface area contributed by atoms with E-state index in [0.29, 0.717) is 6.61 Å². The second kappa shape index (κ2) is 19.7. The zero-order valence-electron chi connectivity index (χ0n) is 17.4. The molecule has 0 aliphatic rings. The molecular formula is C22H40O4. The van der Waals surface area contributed by atoms with Crippen LogP contribution in [0.3, 0.4) is 0 Å². The fourth-order valence-electron chi connectivity index (χ4n) is 2.26. The van der Waals surface area contributed by atoms with Gasteiger partial charge in [-0.25, -0.2) is 9.59 Å². The molecule has 0 spiro atoms. The van der Waals surface area contributed by atoms with Crippen molar-refractivity contribution in [1.29, 1.82) is 0 Å². The first-order valence-corrected chi connectivity index (χ1v) is 10.1. The lowest BCUT2D eigenvalue weighted by molar-refractivity contribution is -0.139. The molecule has 0 rings (SSSR count). The number of esters is 1. The number of carboxylic acid groups (broad SMARTS) is 1. The number of carboxylic acids is 1. The number of carbonyl (C=O) groups excluding carboxylic acids is 1. The maximum absolute atomic E-state index is 11.5. The molecule has 4 heteroatoms. The highest BCUT2D eigenvalue weighted by atomic mass is 16.5. The highest BCUT2D eigenvalue weighted by molar-refractivity contribution is 5.87. The van der Waals surface area contributed by atoms with E-state index in [1.54, 1.807) is 0 Å². The van der Waals surface area contributed by atoms with Crippen molar-refractivity contribution in [2.24, 2.45) is 0 Å². The first-order valence-electron chi connectivity index (χ1n) is 10.1. The van der Waals surface area contributed by atoms with Crippen molar-refractivity contribution in [3.05, 3.63) is 23.8 Å². The van der Waals surface area contributed by atoms with Gasteiger partial charge in [0.25, 0.3) is 0 Å². The van der Waals surface area contributed by atoms with Gasteiger partial charge in [0.1, 0.15) is 0 Å². The van der Waals surface area contributed by atoms with Crippen LogP contribution in [0.15, 0.2) is 23.8 Å². The molecule has 0 saturated carbocycles. The van der Waals surface area contributed by atoms with Gasteiger partial charge in [0.15, 0.2) is 0 Å². The van der Waals surface area contributed by atoms with Crippen LogP contribution < -0.4 is 0 Å². The molecule has 152 valence electrons. The van der Waals surface area contributed by atoms with Gasteiger partial charge in [-0.1, -0.05) is 84.3 Å². The number of aliphatic carboxylic acids is 1. The Labute approximate surface area is 160 Å². The third-order valence-corrected chi connectivity index (χ3v) is 3.93. The van der Waals surface area contributed by atoms with Gasteiger partial charge in [0.05, 0.1) is 6.61 Å². The third-order valence-electron chi connectivity index (χ3n) is 3.93. The lowest BCUT2D eigenvalue weighted by Gasteiger charge is -2.05. The van der Waals surface area contributed by atoms with E-state index in [1.165, 1.54) is 64.7 Å². The summed E-state index contributed by atoms with van der Waals surface area (Å²) in [6.45, 7) is 11.3. The summed E-state index contributed by atoms with van der Waals surface area (Å²) < 4.78 is 5.22. The van der Waals surface area contributed by atoms with Gasteiger partial charge >= 0.3 is 11.9 Å². The Bertz CT molecular complexity index is 398. The lowest BCUT2D eigenvalue weighted by Crippen LogP contribution is -2.07. The summed E-state index contributed by atoms with van der Waals surface area (Å²) in [5.41, 5.74) is 0.912. The standard InChI is InChI=1S/C18H34O2.C4H6O2/c1-4-6-7-8-9-10-11-12-13-14-16-20-18(19)17(3)15-5-2;1-3(2)4(5)6/h15H,4-14,16H2,1-3H3;1H2,2H3,(H,5,6). The Morgan fingerprint density at radius 3 is 1.69 bits per heavy atom. The molecule has 0 aromatic rings. The van der Waals surface area contributed by atoms with Crippen molar-refractivity contribution in [3.63, 3.8) is 0 Å². The monoisotopic (exact) mass is 368 g/mol. The van der Waals surface area contributed by atoms with Gasteiger partial charge < -0.3 is 9.84 Å². The van der Waals surface area contributed by atoms with E-state index in [1.807, 2.05) is 19.9 Å². The largest absolute Gasteiger partial charge is 0.478 e. The van der Waals surface area contributed by atoms with Crippen LogP contribution in [0.4, 0.5) is 0 Å². The van der Waals surface area contributed by atoms with Crippen LogP contribution in [0.1, 0.15) is 98.3 Å². The lowest BCUT2D eigenvalue weighted by atomic mass is 10.1. The van der Waals surface area contributed by atoms with Gasteiger partial charge in [-0.3, -0.25) is 0 Å². The molecule has 0 aromatic heterocycles. The number of allylic oxidation sites excluding steroid dienone is 1. The summed E-state index contributed by atoms with van der Waals surface area (Å²) in [6.07, 6.45) is 15.8. The second-order valence-electron chi connectivity index (χ2n) is 6.70. The molecule has 0 aromatic carbocycles. The van der Waals surface area contributed by atoms with Crippen LogP contribution in [-0.2, 0) is 14.3 Å². The molecule has 26 heavy (non-hydrogen) atoms. The fourth-order valence-corrected chi connectivity index (χ4v) is 2.26. The summed E-state index contributed by atoms with van der Waals surface area (Å²) in [4.78, 5) is 21.1. The molecule has 1 N–H and O–H groups in total. The van der Waals surface area contributed by atoms with Gasteiger partial charge in [-0.2, -0.15) is 0 Å². The molecule has 0 heterocycles. The SMILES string of the molecule is C=C(C)C(=O)O.CCC=C(C)C(=O)OCCCCCCCCCCCC. The number of unbranched alkanes of at least 4 members (excludes halogenated alkanes) is 9. The molecule has 0 aliphatic carbocycles. The minimum atomic E-state index is -0.935. The van der Waals surface area contributed by atoms with Crippen LogP contribution in [0.5, 0.6) is 0 Å². The van der Waals surface area contributed by atoms with E-state index >= 15 is 0 Å². The fraction of sp³-hybridized carbons (Fsp3) is 0.727. The first-order chi connectivity index (χ1) is 12.4. The van der Waals surface area contributed by atoms with E-state index in [2.05, 4.69) is 13.5 Å². The Hall–Kier alpha value is -1.58. The molecular weight excluding hydrogens is 328 g/mol. The van der Waals surface area contributed by atoms with Crippen molar-refractivity contribution >= 4 is 11.9 Å². The van der Waals surface area contributed by atoms with Gasteiger partial charge in [-0.05, 0) is 26.7 Å². The third kappa shape index (κ3) is 20.5. The normalized spacial score (nSPS) is 10.7. The second-order valence-corrected chi connectivity index (χ2v) is 6.70. The van der Waals surface area contributed by atoms with Crippen molar-refractivity contribution in [3.8, 4) is 0 Å². The number of ether oxygens (including phenoxy) is 1. The quantitative estimate of drug-likeness (QED) is 0.217. The number of carbonyl (C=O) groups is 2. The number of hydrogen-bond donors (Lipinski definition) is 1. The molecule has 0 amide bonds. The summed E-state index contributed by atoms with van der Waals surface area (Å²) in [7, 11) is 0. The summed E-state index contributed by atoms with van der Waals surface area (Å²) in [6, 6.07) is 0. The summed E-state index contributed by atoms with van der Waals surface area (Å²) in [5, 5.41) is 7.89. The average Bonchev–Trinajstić information content (AvgIpc) is 2.60. The zero-order valence-corrected chi connectivity index (χ0v) is 17.4. The average molecular weight is 369 g/mol. The highest BCUT2D eigenvalue weighted by Gasteiger charge is 2.03. The summed E-state index contributed by atoms with van der Waals surface area (Å²) in [5.74, 6) is -1.09. The van der Waals surface area contributed by atoms with Crippen molar-refractivity contribution in [2.75, 3.05) is 6.61 Å². The van der Waals surface area contributed by atoms with Gasteiger partial charge in [-0.15, -0.1) is 0 Å². The Morgan fingerprint density at radius 1 is 0.885 bits per heavy atom. The molecule has 0 saturated heterocycles. The minimum Gasteiger partial charge on any atom is -0.478 e. The molecule has 0 atom stereocenters. The Balaban J connectivity index is 0. The van der Waals surface area contributed by atoms with Crippen LogP contribution in [0, 0.1) is 0 Å². The summed E-state index contributed by atoms with van der Waals surface area (Å²) >= 11 is 0. The maximum Gasteiger partial charge on any atom is 0.333 e. The molecule has 0 radical (unpaired) electrons. The number of rotatable bonds is 14. The van der Waals surface area contributed by atoms with E-state index in [0.717, 1.165) is 18.4 Å². The van der Waals surface area contributed by atoms with Crippen LogP contribution >= 0.6 is 0 Å². The molecule has 0 fully saturated rings. The van der Waals surface area contributed by atoms with Crippen LogP contribution in [0.25, 0.3) is 0 Å². The van der Waals surface area contributed by atoms with E-state index < -0.39 is 5.97 Å². The maximum atomic E-state index is 11.5. The predicted molar refractivity (Wildman–Crippen MR) is 109 cm³/mol. The van der Waals surface area contributed by atoms with Crippen molar-refractivity contribution in [2.45, 2.75) is 98.3 Å². The Kier molecular flexibility index (Phi) is 20.2. The zero-order chi connectivity index (χ0) is 20.2. The molecule has 0 aliphatic heterocycles. The Morgan fingerprint density at radius 2 is 1.31 bits per heavy atom. The van der Waals surface area contributed by atoms with Crippen molar-refractivity contribution in [1.82, 2.24) is 0 Å². The van der Waals surface area contributed by atoms with Crippen molar-refractivity contribution < 1.29 is 19.4 Å². The molecule has 4 nitrogen and oxygen atoms in total. The predicted octanol–water partition coefficient (Wildman–Crippen LogP) is 6.45. The van der Waals surface area contributed by atoms with E-state index in [-0.39, 0.29) is 11.5 Å². The van der Waals surface area contributed by atoms with E-state index in [4.69, 9.17) is 9.84 Å². The van der Waals surface area contributed by atoms with E-state index in [9.17, 15) is 9.59 Å². The topological polar surface area (TPSA) is 63.6 Å². The number of hydrogen-bond acceptors (Lipinski definition) is 3. The highest BCUT2D eigenvalue weighted by Crippen LogP contribution is 2.10. The smallest absolute Gasteiger partial charge is 0.333 e. The van der Waals surface area contributed by atoms with Gasteiger partial charge in [0, 0.05) is 11.1 Å².